The van der Waals surface area contributed by atoms with Gasteiger partial charge in [0, 0.05) is 18.9 Å². The van der Waals surface area contributed by atoms with E-state index in [4.69, 9.17) is 0 Å². The van der Waals surface area contributed by atoms with Crippen molar-refractivity contribution < 1.29 is 9.90 Å². The predicted molar refractivity (Wildman–Crippen MR) is 81.0 cm³/mol. The molecule has 4 nitrogen and oxygen atoms in total. The number of phenols is 1. The van der Waals surface area contributed by atoms with Crippen molar-refractivity contribution in [2.45, 2.75) is 6.54 Å². The summed E-state index contributed by atoms with van der Waals surface area (Å²) in [6, 6.07) is 14.6. The topological polar surface area (TPSA) is 62.2 Å². The van der Waals surface area contributed by atoms with Crippen molar-refractivity contribution >= 4 is 16.7 Å². The maximum absolute atomic E-state index is 12.2. The Labute approximate surface area is 122 Å². The Kier molecular flexibility index (Phi) is 3.51. The van der Waals surface area contributed by atoms with Crippen molar-refractivity contribution in [1.29, 1.82) is 0 Å². The smallest absolute Gasteiger partial charge is 0.255 e. The van der Waals surface area contributed by atoms with Crippen molar-refractivity contribution in [1.82, 2.24) is 10.3 Å². The number of benzene rings is 2. The second-order valence-electron chi connectivity index (χ2n) is 4.75. The second kappa shape index (κ2) is 5.63. The highest BCUT2D eigenvalue weighted by molar-refractivity contribution is 6.01. The van der Waals surface area contributed by atoms with E-state index < -0.39 is 0 Å². The number of fused-ring (bicyclic) bond motifs is 1. The van der Waals surface area contributed by atoms with Gasteiger partial charge in [0.25, 0.3) is 5.91 Å². The minimum atomic E-state index is -0.296. The van der Waals surface area contributed by atoms with Gasteiger partial charge in [-0.1, -0.05) is 24.3 Å². The quantitative estimate of drug-likeness (QED) is 0.774. The molecule has 0 unspecified atom stereocenters. The molecule has 0 aliphatic rings. The largest absolute Gasteiger partial charge is 0.507 e. The van der Waals surface area contributed by atoms with Crippen molar-refractivity contribution in [3.8, 4) is 5.75 Å². The molecule has 0 bridgehead atoms. The Balaban J connectivity index is 1.82. The van der Waals surface area contributed by atoms with Gasteiger partial charge in [0.05, 0.1) is 5.56 Å². The Morgan fingerprint density at radius 2 is 1.71 bits per heavy atom. The molecule has 0 radical (unpaired) electrons. The molecule has 0 saturated carbocycles. The first-order chi connectivity index (χ1) is 10.2. The lowest BCUT2D eigenvalue weighted by Gasteiger charge is -2.08. The zero-order chi connectivity index (χ0) is 14.7. The lowest BCUT2D eigenvalue weighted by Crippen LogP contribution is -2.22. The lowest BCUT2D eigenvalue weighted by molar-refractivity contribution is 0.0948. The molecule has 3 aromatic rings. The Morgan fingerprint density at radius 3 is 2.43 bits per heavy atom. The van der Waals surface area contributed by atoms with E-state index in [1.807, 2.05) is 36.4 Å². The van der Waals surface area contributed by atoms with Gasteiger partial charge in [0.2, 0.25) is 0 Å². The molecule has 0 aliphatic carbocycles. The fourth-order valence-corrected chi connectivity index (χ4v) is 2.19. The van der Waals surface area contributed by atoms with E-state index in [-0.39, 0.29) is 17.2 Å². The van der Waals surface area contributed by atoms with Crippen LogP contribution in [0.25, 0.3) is 10.8 Å². The van der Waals surface area contributed by atoms with Gasteiger partial charge < -0.3 is 10.4 Å². The molecule has 104 valence electrons. The number of carbonyl (C=O) groups excluding carboxylic acids is 1. The Hall–Kier alpha value is -2.88. The highest BCUT2D eigenvalue weighted by Crippen LogP contribution is 2.24. The summed E-state index contributed by atoms with van der Waals surface area (Å²) in [5.41, 5.74) is 1.24. The lowest BCUT2D eigenvalue weighted by atomic mass is 10.1. The summed E-state index contributed by atoms with van der Waals surface area (Å²) in [6.45, 7) is 0.396. The highest BCUT2D eigenvalue weighted by Gasteiger charge is 2.12. The molecule has 0 fully saturated rings. The number of phenolic OH excluding ortho intramolecular Hbond substituents is 1. The minimum Gasteiger partial charge on any atom is -0.507 e. The van der Waals surface area contributed by atoms with Crippen LogP contribution in [0.15, 0.2) is 60.9 Å². The molecule has 1 aromatic heterocycles. The van der Waals surface area contributed by atoms with E-state index in [1.54, 1.807) is 24.5 Å². The van der Waals surface area contributed by atoms with Crippen LogP contribution in [-0.4, -0.2) is 16.0 Å². The van der Waals surface area contributed by atoms with Crippen LogP contribution in [0.3, 0.4) is 0 Å². The Morgan fingerprint density at radius 1 is 1.05 bits per heavy atom. The first kappa shape index (κ1) is 13.1. The maximum Gasteiger partial charge on any atom is 0.255 e. The fourth-order valence-electron chi connectivity index (χ4n) is 2.19. The van der Waals surface area contributed by atoms with Gasteiger partial charge >= 0.3 is 0 Å². The van der Waals surface area contributed by atoms with Crippen LogP contribution in [-0.2, 0) is 6.54 Å². The third-order valence-corrected chi connectivity index (χ3v) is 3.31. The number of nitrogens with zero attached hydrogens (tertiary/aromatic N) is 1. The van der Waals surface area contributed by atoms with Crippen LogP contribution in [0, 0.1) is 0 Å². The van der Waals surface area contributed by atoms with Crippen LogP contribution in [0.4, 0.5) is 0 Å². The molecular weight excluding hydrogens is 264 g/mol. The van der Waals surface area contributed by atoms with Crippen LogP contribution in [0.5, 0.6) is 5.75 Å². The van der Waals surface area contributed by atoms with Crippen molar-refractivity contribution in [3.63, 3.8) is 0 Å². The number of amides is 1. The predicted octanol–water partition coefficient (Wildman–Crippen LogP) is 2.87. The third kappa shape index (κ3) is 2.84. The fraction of sp³-hybridized carbons (Fsp3) is 0.0588. The summed E-state index contributed by atoms with van der Waals surface area (Å²) in [5, 5.41) is 14.6. The van der Waals surface area contributed by atoms with Crippen molar-refractivity contribution in [2.24, 2.45) is 0 Å². The number of nitrogens with one attached hydrogen (secondary N) is 1. The molecule has 0 saturated heterocycles. The zero-order valence-electron chi connectivity index (χ0n) is 11.3. The molecule has 1 heterocycles. The van der Waals surface area contributed by atoms with E-state index in [1.165, 1.54) is 0 Å². The first-order valence-corrected chi connectivity index (χ1v) is 6.63. The molecule has 0 aliphatic heterocycles. The van der Waals surface area contributed by atoms with E-state index in [0.29, 0.717) is 6.54 Å². The third-order valence-electron chi connectivity index (χ3n) is 3.31. The molecule has 1 amide bonds. The van der Waals surface area contributed by atoms with Gasteiger partial charge in [-0.25, -0.2) is 0 Å². The number of hydrogen-bond acceptors (Lipinski definition) is 3. The molecule has 21 heavy (non-hydrogen) atoms. The number of pyridine rings is 1. The molecule has 2 N–H and O–H groups in total. The van der Waals surface area contributed by atoms with E-state index in [9.17, 15) is 9.90 Å². The number of aromatic nitrogens is 1. The van der Waals surface area contributed by atoms with Crippen molar-refractivity contribution in [3.05, 3.63) is 72.1 Å². The summed E-state index contributed by atoms with van der Waals surface area (Å²) in [7, 11) is 0. The molecule has 3 rings (SSSR count). The summed E-state index contributed by atoms with van der Waals surface area (Å²) >= 11 is 0. The highest BCUT2D eigenvalue weighted by atomic mass is 16.3. The first-order valence-electron chi connectivity index (χ1n) is 6.63. The van der Waals surface area contributed by atoms with Gasteiger partial charge in [-0.05, 0) is 40.6 Å². The Bertz CT molecular complexity index is 785. The summed E-state index contributed by atoms with van der Waals surface area (Å²) in [4.78, 5) is 16.1. The monoisotopic (exact) mass is 278 g/mol. The van der Waals surface area contributed by atoms with Crippen LogP contribution in [0.1, 0.15) is 15.9 Å². The maximum atomic E-state index is 12.2. The number of hydrogen-bond donors (Lipinski definition) is 2. The average Bonchev–Trinajstić information content (AvgIpc) is 2.53. The van der Waals surface area contributed by atoms with Gasteiger partial charge in [0.1, 0.15) is 5.75 Å². The molecule has 0 atom stereocenters. The zero-order valence-corrected chi connectivity index (χ0v) is 11.3. The standard InChI is InChI=1S/C17H14N2O2/c20-16-10-14-4-2-1-3-13(14)9-15(16)17(21)19-11-12-5-7-18-8-6-12/h1-10,20H,11H2,(H,19,21). The normalized spacial score (nSPS) is 10.5. The van der Waals surface area contributed by atoms with Crippen LogP contribution < -0.4 is 5.32 Å². The van der Waals surface area contributed by atoms with Gasteiger partial charge in [-0.3, -0.25) is 9.78 Å². The van der Waals surface area contributed by atoms with Crippen molar-refractivity contribution in [2.75, 3.05) is 0 Å². The van der Waals surface area contributed by atoms with Crippen LogP contribution >= 0.6 is 0 Å². The van der Waals surface area contributed by atoms with E-state index in [2.05, 4.69) is 10.3 Å². The van der Waals surface area contributed by atoms with Gasteiger partial charge in [-0.2, -0.15) is 0 Å². The van der Waals surface area contributed by atoms with Crippen LogP contribution in [0.2, 0.25) is 0 Å². The average molecular weight is 278 g/mol. The molecular formula is C17H14N2O2. The van der Waals surface area contributed by atoms with Gasteiger partial charge in [-0.15, -0.1) is 0 Å². The molecule has 2 aromatic carbocycles. The summed E-state index contributed by atoms with van der Waals surface area (Å²) in [5.74, 6) is -0.309. The van der Waals surface area contributed by atoms with E-state index in [0.717, 1.165) is 16.3 Å². The SMILES string of the molecule is O=C(NCc1ccncc1)c1cc2ccccc2cc1O. The number of aromatic hydroxyl groups is 1. The second-order valence-corrected chi connectivity index (χ2v) is 4.75. The summed E-state index contributed by atoms with van der Waals surface area (Å²) < 4.78 is 0. The van der Waals surface area contributed by atoms with E-state index >= 15 is 0 Å². The summed E-state index contributed by atoms with van der Waals surface area (Å²) in [6.07, 6.45) is 3.35. The minimum absolute atomic E-state index is 0.0130. The number of rotatable bonds is 3. The van der Waals surface area contributed by atoms with Gasteiger partial charge in [0.15, 0.2) is 0 Å². The molecule has 0 spiro atoms. The molecule has 4 heteroatoms. The number of carbonyl (C=O) groups is 1.